The smallest absolute Gasteiger partial charge is 0.293 e. The van der Waals surface area contributed by atoms with E-state index in [1.54, 1.807) is 6.08 Å². The van der Waals surface area contributed by atoms with Gasteiger partial charge in [-0.05, 0) is 64.5 Å². The van der Waals surface area contributed by atoms with Crippen molar-refractivity contribution in [2.75, 3.05) is 0 Å². The van der Waals surface area contributed by atoms with Crippen molar-refractivity contribution in [1.82, 2.24) is 4.90 Å². The van der Waals surface area contributed by atoms with E-state index < -0.39 is 0 Å². The van der Waals surface area contributed by atoms with Gasteiger partial charge in [0.15, 0.2) is 0 Å². The summed E-state index contributed by atoms with van der Waals surface area (Å²) in [5.41, 5.74) is 2.46. The second-order valence-corrected chi connectivity index (χ2v) is 10.3. The molecule has 1 aliphatic heterocycles. The Hall–Kier alpha value is -3.06. The molecule has 35 heavy (non-hydrogen) atoms. The molecular formula is C28H19BrClNO3S. The lowest BCUT2D eigenvalue weighted by atomic mass is 10.1. The van der Waals surface area contributed by atoms with Gasteiger partial charge in [-0.15, -0.1) is 0 Å². The minimum atomic E-state index is -0.315. The van der Waals surface area contributed by atoms with Crippen LogP contribution in [-0.2, 0) is 17.9 Å². The Morgan fingerprint density at radius 3 is 2.51 bits per heavy atom. The number of halogens is 2. The first-order valence-electron chi connectivity index (χ1n) is 10.9. The molecule has 0 bridgehead atoms. The van der Waals surface area contributed by atoms with E-state index in [1.165, 1.54) is 4.90 Å². The third-order valence-corrected chi connectivity index (χ3v) is 7.40. The van der Waals surface area contributed by atoms with Crippen LogP contribution in [-0.4, -0.2) is 16.0 Å². The fourth-order valence-corrected chi connectivity index (χ4v) is 5.23. The van der Waals surface area contributed by atoms with E-state index in [0.717, 1.165) is 38.1 Å². The van der Waals surface area contributed by atoms with Crippen molar-refractivity contribution in [3.8, 4) is 5.75 Å². The summed E-state index contributed by atoms with van der Waals surface area (Å²) in [6.07, 6.45) is 1.71. The highest BCUT2D eigenvalue weighted by Gasteiger charge is 2.35. The van der Waals surface area contributed by atoms with Crippen LogP contribution in [0.5, 0.6) is 5.75 Å². The van der Waals surface area contributed by atoms with E-state index in [2.05, 4.69) is 15.9 Å². The summed E-state index contributed by atoms with van der Waals surface area (Å²) in [5, 5.41) is 2.52. The summed E-state index contributed by atoms with van der Waals surface area (Å²) >= 11 is 10.7. The van der Waals surface area contributed by atoms with Gasteiger partial charge in [0.1, 0.15) is 12.4 Å². The van der Waals surface area contributed by atoms with Gasteiger partial charge in [-0.1, -0.05) is 82.1 Å². The lowest BCUT2D eigenvalue weighted by molar-refractivity contribution is -0.123. The molecule has 4 aromatic rings. The van der Waals surface area contributed by atoms with E-state index in [-0.39, 0.29) is 24.3 Å². The molecular weight excluding hydrogens is 546 g/mol. The van der Waals surface area contributed by atoms with Gasteiger partial charge in [-0.25, -0.2) is 0 Å². The molecule has 4 aromatic carbocycles. The van der Waals surface area contributed by atoms with Crippen LogP contribution >= 0.6 is 39.3 Å². The zero-order chi connectivity index (χ0) is 24.4. The molecule has 4 nitrogen and oxygen atoms in total. The Bertz CT molecular complexity index is 1490. The number of ether oxygens (including phenoxy) is 1. The van der Waals surface area contributed by atoms with Crippen LogP contribution in [0.15, 0.2) is 94.3 Å². The first kappa shape index (κ1) is 23.7. The number of thioether (sulfide) groups is 1. The van der Waals surface area contributed by atoms with Gasteiger partial charge in [0.05, 0.1) is 11.4 Å². The highest BCUT2D eigenvalue weighted by Crippen LogP contribution is 2.36. The van der Waals surface area contributed by atoms with Crippen LogP contribution in [0.4, 0.5) is 4.79 Å². The number of nitrogens with zero attached hydrogens (tertiary/aromatic N) is 1. The average Bonchev–Trinajstić information content (AvgIpc) is 3.11. The van der Waals surface area contributed by atoms with Crippen molar-refractivity contribution in [1.29, 1.82) is 0 Å². The minimum absolute atomic E-state index is 0.223. The minimum Gasteiger partial charge on any atom is -0.488 e. The maximum absolute atomic E-state index is 13.2. The highest BCUT2D eigenvalue weighted by molar-refractivity contribution is 9.10. The Morgan fingerprint density at radius 2 is 1.69 bits per heavy atom. The normalized spacial score (nSPS) is 14.8. The number of amides is 2. The van der Waals surface area contributed by atoms with Gasteiger partial charge in [0.2, 0.25) is 0 Å². The molecule has 0 saturated carbocycles. The maximum atomic E-state index is 13.2. The fourth-order valence-electron chi connectivity index (χ4n) is 3.83. The van der Waals surface area contributed by atoms with E-state index in [1.807, 2.05) is 84.9 Å². The molecule has 2 amide bonds. The van der Waals surface area contributed by atoms with Gasteiger partial charge in [-0.3, -0.25) is 14.5 Å². The number of rotatable bonds is 6. The van der Waals surface area contributed by atoms with E-state index >= 15 is 0 Å². The van der Waals surface area contributed by atoms with Gasteiger partial charge >= 0.3 is 0 Å². The molecule has 5 rings (SSSR count). The number of hydrogen-bond acceptors (Lipinski definition) is 4. The fraction of sp³-hybridized carbons (Fsp3) is 0.0714. The molecule has 0 aromatic heterocycles. The molecule has 7 heteroatoms. The molecule has 1 heterocycles. The number of carbonyl (C=O) groups excluding carboxylic acids is 2. The van der Waals surface area contributed by atoms with Crippen molar-refractivity contribution < 1.29 is 14.3 Å². The average molecular weight is 565 g/mol. The molecule has 1 fully saturated rings. The van der Waals surface area contributed by atoms with Crippen molar-refractivity contribution in [2.45, 2.75) is 13.2 Å². The number of benzene rings is 4. The standard InChI is InChI=1S/C28H19BrClNO3S/c29-23-11-12-25(34-17-21-7-3-4-8-24(21)30)22(14-23)15-26-27(32)31(28(33)35-26)16-18-9-10-19-5-1-2-6-20(19)13-18/h1-15H,16-17H2/b26-15-. The summed E-state index contributed by atoms with van der Waals surface area (Å²) in [7, 11) is 0. The van der Waals surface area contributed by atoms with E-state index in [9.17, 15) is 9.59 Å². The molecule has 1 saturated heterocycles. The van der Waals surface area contributed by atoms with Crippen LogP contribution in [0.25, 0.3) is 16.8 Å². The first-order valence-corrected chi connectivity index (χ1v) is 12.9. The molecule has 0 N–H and O–H groups in total. The Morgan fingerprint density at radius 1 is 0.914 bits per heavy atom. The lowest BCUT2D eigenvalue weighted by Crippen LogP contribution is -2.27. The third kappa shape index (κ3) is 5.30. The molecule has 0 unspecified atom stereocenters. The first-order chi connectivity index (χ1) is 17.0. The Kier molecular flexibility index (Phi) is 6.95. The number of hydrogen-bond donors (Lipinski definition) is 0. The van der Waals surface area contributed by atoms with Crippen molar-refractivity contribution in [2.24, 2.45) is 0 Å². The summed E-state index contributed by atoms with van der Waals surface area (Å²) in [5.74, 6) is 0.277. The Labute approximate surface area is 220 Å². The van der Waals surface area contributed by atoms with Gasteiger partial charge in [0.25, 0.3) is 11.1 Å². The predicted octanol–water partition coefficient (Wildman–Crippen LogP) is 8.07. The highest BCUT2D eigenvalue weighted by atomic mass is 79.9. The lowest BCUT2D eigenvalue weighted by Gasteiger charge is -2.13. The Balaban J connectivity index is 1.37. The predicted molar refractivity (Wildman–Crippen MR) is 145 cm³/mol. The quantitative estimate of drug-likeness (QED) is 0.222. The SMILES string of the molecule is O=C1S/C(=C\c2cc(Br)ccc2OCc2ccccc2Cl)C(=O)N1Cc1ccc2ccccc2c1. The summed E-state index contributed by atoms with van der Waals surface area (Å²) in [4.78, 5) is 27.5. The molecule has 174 valence electrons. The zero-order valence-electron chi connectivity index (χ0n) is 18.4. The second kappa shape index (κ2) is 10.3. The third-order valence-electron chi connectivity index (χ3n) is 5.63. The summed E-state index contributed by atoms with van der Waals surface area (Å²) < 4.78 is 6.86. The number of imide groups is 1. The van der Waals surface area contributed by atoms with Crippen molar-refractivity contribution >= 4 is 67.3 Å². The van der Waals surface area contributed by atoms with Crippen LogP contribution < -0.4 is 4.74 Å². The van der Waals surface area contributed by atoms with Gasteiger partial charge in [0, 0.05) is 20.6 Å². The largest absolute Gasteiger partial charge is 0.488 e. The number of fused-ring (bicyclic) bond motifs is 1. The van der Waals surface area contributed by atoms with Gasteiger partial charge in [-0.2, -0.15) is 0 Å². The molecule has 0 spiro atoms. The monoisotopic (exact) mass is 563 g/mol. The summed E-state index contributed by atoms with van der Waals surface area (Å²) in [6.45, 7) is 0.507. The molecule has 0 aliphatic carbocycles. The van der Waals surface area contributed by atoms with Crippen LogP contribution in [0, 0.1) is 0 Å². The van der Waals surface area contributed by atoms with Gasteiger partial charge < -0.3 is 4.74 Å². The van der Waals surface area contributed by atoms with Crippen molar-refractivity contribution in [3.63, 3.8) is 0 Å². The van der Waals surface area contributed by atoms with Crippen LogP contribution in [0.2, 0.25) is 5.02 Å². The van der Waals surface area contributed by atoms with Crippen LogP contribution in [0.1, 0.15) is 16.7 Å². The number of carbonyl (C=O) groups is 2. The van der Waals surface area contributed by atoms with E-state index in [4.69, 9.17) is 16.3 Å². The molecule has 1 aliphatic rings. The van der Waals surface area contributed by atoms with Crippen molar-refractivity contribution in [3.05, 3.63) is 116 Å². The van der Waals surface area contributed by atoms with E-state index in [0.29, 0.717) is 21.2 Å². The maximum Gasteiger partial charge on any atom is 0.293 e. The second-order valence-electron chi connectivity index (χ2n) is 8.01. The zero-order valence-corrected chi connectivity index (χ0v) is 21.6. The van der Waals surface area contributed by atoms with Crippen LogP contribution in [0.3, 0.4) is 0 Å². The topological polar surface area (TPSA) is 46.6 Å². The molecule has 0 atom stereocenters. The molecule has 0 radical (unpaired) electrons. The summed E-state index contributed by atoms with van der Waals surface area (Å²) in [6, 6.07) is 27.0.